The maximum atomic E-state index is 13.5. The summed E-state index contributed by atoms with van der Waals surface area (Å²) in [6.45, 7) is 3.91. The SMILES string of the molecule is CCNC(=NCc1ncnn1C)NCCSc1ccccc1F. The number of rotatable bonds is 7. The van der Waals surface area contributed by atoms with E-state index < -0.39 is 0 Å². The van der Waals surface area contributed by atoms with Crippen LogP contribution in [-0.2, 0) is 13.6 Å². The highest BCUT2D eigenvalue weighted by atomic mass is 32.2. The van der Waals surface area contributed by atoms with Crippen molar-refractivity contribution in [3.05, 3.63) is 42.2 Å². The molecule has 1 aromatic carbocycles. The van der Waals surface area contributed by atoms with Crippen LogP contribution in [0.15, 0.2) is 40.5 Å². The number of hydrogen-bond donors (Lipinski definition) is 2. The van der Waals surface area contributed by atoms with Crippen LogP contribution in [0, 0.1) is 5.82 Å². The predicted octanol–water partition coefficient (Wildman–Crippen LogP) is 1.80. The van der Waals surface area contributed by atoms with Gasteiger partial charge in [0.05, 0.1) is 0 Å². The van der Waals surface area contributed by atoms with Gasteiger partial charge in [0, 0.05) is 30.8 Å². The lowest BCUT2D eigenvalue weighted by Crippen LogP contribution is -2.38. The van der Waals surface area contributed by atoms with E-state index in [0.29, 0.717) is 23.9 Å². The van der Waals surface area contributed by atoms with Gasteiger partial charge in [-0.25, -0.2) is 14.4 Å². The highest BCUT2D eigenvalue weighted by molar-refractivity contribution is 7.99. The fourth-order valence-electron chi connectivity index (χ4n) is 1.85. The molecule has 2 rings (SSSR count). The zero-order valence-electron chi connectivity index (χ0n) is 13.3. The average Bonchev–Trinajstić information content (AvgIpc) is 2.96. The van der Waals surface area contributed by atoms with Crippen molar-refractivity contribution in [2.24, 2.45) is 12.0 Å². The molecule has 2 N–H and O–H groups in total. The molecule has 0 aliphatic carbocycles. The second-order valence-electron chi connectivity index (χ2n) is 4.70. The number of thioether (sulfide) groups is 1. The molecule has 0 radical (unpaired) electrons. The molecule has 0 saturated carbocycles. The van der Waals surface area contributed by atoms with Gasteiger partial charge in [0.25, 0.3) is 0 Å². The van der Waals surface area contributed by atoms with E-state index in [4.69, 9.17) is 0 Å². The molecule has 0 bridgehead atoms. The predicted molar refractivity (Wildman–Crippen MR) is 90.9 cm³/mol. The molecule has 8 heteroatoms. The maximum Gasteiger partial charge on any atom is 0.191 e. The molecule has 0 saturated heterocycles. The van der Waals surface area contributed by atoms with E-state index in [9.17, 15) is 4.39 Å². The molecular formula is C15H21FN6S. The van der Waals surface area contributed by atoms with Gasteiger partial charge in [-0.3, -0.25) is 4.68 Å². The minimum absolute atomic E-state index is 0.180. The molecule has 0 fully saturated rings. The van der Waals surface area contributed by atoms with Crippen LogP contribution in [0.2, 0.25) is 0 Å². The number of aryl methyl sites for hydroxylation is 1. The molecule has 2 aromatic rings. The van der Waals surface area contributed by atoms with E-state index in [0.717, 1.165) is 18.1 Å². The molecule has 124 valence electrons. The Morgan fingerprint density at radius 2 is 2.17 bits per heavy atom. The number of guanidine groups is 1. The van der Waals surface area contributed by atoms with E-state index in [-0.39, 0.29) is 5.82 Å². The Hall–Kier alpha value is -2.09. The Labute approximate surface area is 139 Å². The van der Waals surface area contributed by atoms with Crippen molar-refractivity contribution in [3.8, 4) is 0 Å². The lowest BCUT2D eigenvalue weighted by molar-refractivity contribution is 0.602. The monoisotopic (exact) mass is 336 g/mol. The van der Waals surface area contributed by atoms with Gasteiger partial charge in [-0.05, 0) is 19.1 Å². The van der Waals surface area contributed by atoms with E-state index >= 15 is 0 Å². The first-order valence-electron chi connectivity index (χ1n) is 7.43. The third-order valence-corrected chi connectivity index (χ3v) is 4.07. The van der Waals surface area contributed by atoms with Gasteiger partial charge < -0.3 is 10.6 Å². The number of nitrogens with one attached hydrogen (secondary N) is 2. The van der Waals surface area contributed by atoms with E-state index in [1.54, 1.807) is 16.8 Å². The maximum absolute atomic E-state index is 13.5. The highest BCUT2D eigenvalue weighted by Crippen LogP contribution is 2.20. The van der Waals surface area contributed by atoms with Crippen molar-refractivity contribution >= 4 is 17.7 Å². The van der Waals surface area contributed by atoms with Gasteiger partial charge in [0.2, 0.25) is 0 Å². The Kier molecular flexibility index (Phi) is 6.86. The highest BCUT2D eigenvalue weighted by Gasteiger charge is 2.03. The summed E-state index contributed by atoms with van der Waals surface area (Å²) in [6.07, 6.45) is 1.51. The van der Waals surface area contributed by atoms with Crippen molar-refractivity contribution < 1.29 is 4.39 Å². The van der Waals surface area contributed by atoms with Crippen molar-refractivity contribution in [1.29, 1.82) is 0 Å². The molecule has 0 aliphatic rings. The lowest BCUT2D eigenvalue weighted by Gasteiger charge is -2.11. The van der Waals surface area contributed by atoms with Gasteiger partial charge in [-0.15, -0.1) is 11.8 Å². The molecule has 1 aromatic heterocycles. The second-order valence-corrected chi connectivity index (χ2v) is 5.84. The lowest BCUT2D eigenvalue weighted by atomic mass is 10.3. The zero-order valence-corrected chi connectivity index (χ0v) is 14.1. The van der Waals surface area contributed by atoms with Crippen molar-refractivity contribution in [2.45, 2.75) is 18.4 Å². The third-order valence-electron chi connectivity index (χ3n) is 3.02. The number of benzene rings is 1. The van der Waals surface area contributed by atoms with Crippen molar-refractivity contribution in [3.63, 3.8) is 0 Å². The number of nitrogens with zero attached hydrogens (tertiary/aromatic N) is 4. The van der Waals surface area contributed by atoms with Crippen LogP contribution in [0.1, 0.15) is 12.7 Å². The molecule has 0 unspecified atom stereocenters. The average molecular weight is 336 g/mol. The van der Waals surface area contributed by atoms with Crippen LogP contribution in [-0.4, -0.2) is 39.6 Å². The molecule has 1 heterocycles. The topological polar surface area (TPSA) is 67.1 Å². The first-order valence-corrected chi connectivity index (χ1v) is 8.41. The molecule has 6 nitrogen and oxygen atoms in total. The van der Waals surface area contributed by atoms with E-state index in [1.165, 1.54) is 24.2 Å². The first-order chi connectivity index (χ1) is 11.2. The summed E-state index contributed by atoms with van der Waals surface area (Å²) in [5.41, 5.74) is 0. The molecule has 0 atom stereocenters. The summed E-state index contributed by atoms with van der Waals surface area (Å²) in [4.78, 5) is 9.27. The van der Waals surface area contributed by atoms with Crippen LogP contribution in [0.4, 0.5) is 4.39 Å². The van der Waals surface area contributed by atoms with E-state index in [2.05, 4.69) is 25.7 Å². The second kappa shape index (κ2) is 9.14. The van der Waals surface area contributed by atoms with Gasteiger partial charge in [-0.1, -0.05) is 12.1 Å². The zero-order chi connectivity index (χ0) is 16.5. The van der Waals surface area contributed by atoms with Crippen LogP contribution in [0.3, 0.4) is 0 Å². The summed E-state index contributed by atoms with van der Waals surface area (Å²) < 4.78 is 15.2. The normalized spacial score (nSPS) is 11.5. The van der Waals surface area contributed by atoms with Crippen LogP contribution in [0.25, 0.3) is 0 Å². The third kappa shape index (κ3) is 5.55. The van der Waals surface area contributed by atoms with Crippen LogP contribution < -0.4 is 10.6 Å². The van der Waals surface area contributed by atoms with Gasteiger partial charge in [-0.2, -0.15) is 5.10 Å². The minimum atomic E-state index is -0.180. The van der Waals surface area contributed by atoms with Crippen molar-refractivity contribution in [1.82, 2.24) is 25.4 Å². The molecule has 0 aliphatic heterocycles. The molecule has 0 spiro atoms. The molecule has 23 heavy (non-hydrogen) atoms. The standard InChI is InChI=1S/C15H21FN6S/c1-3-17-15(19-10-14-20-11-21-22(14)2)18-8-9-23-13-7-5-4-6-12(13)16/h4-7,11H,3,8-10H2,1-2H3,(H2,17,18,19). The van der Waals surface area contributed by atoms with Gasteiger partial charge in [0.1, 0.15) is 24.5 Å². The first kappa shape index (κ1) is 17.3. The Balaban J connectivity index is 1.80. The Bertz CT molecular complexity index is 642. The summed E-state index contributed by atoms with van der Waals surface area (Å²) >= 11 is 1.48. The van der Waals surface area contributed by atoms with Crippen LogP contribution in [0.5, 0.6) is 0 Å². The summed E-state index contributed by atoms with van der Waals surface area (Å²) in [5.74, 6) is 2.07. The van der Waals surface area contributed by atoms with Gasteiger partial charge >= 0.3 is 0 Å². The smallest absolute Gasteiger partial charge is 0.191 e. The largest absolute Gasteiger partial charge is 0.357 e. The van der Waals surface area contributed by atoms with E-state index in [1.807, 2.05) is 20.0 Å². The summed E-state index contributed by atoms with van der Waals surface area (Å²) in [6, 6.07) is 6.79. The number of aliphatic imine (C=N–C) groups is 1. The molecular weight excluding hydrogens is 315 g/mol. The minimum Gasteiger partial charge on any atom is -0.357 e. The fraction of sp³-hybridized carbons (Fsp3) is 0.400. The number of halogens is 1. The number of hydrogen-bond acceptors (Lipinski definition) is 4. The fourth-order valence-corrected chi connectivity index (χ4v) is 2.65. The Morgan fingerprint density at radius 3 is 2.87 bits per heavy atom. The Morgan fingerprint density at radius 1 is 1.35 bits per heavy atom. The van der Waals surface area contributed by atoms with Crippen LogP contribution >= 0.6 is 11.8 Å². The molecule has 0 amide bonds. The summed E-state index contributed by atoms with van der Waals surface area (Å²) in [5, 5.41) is 10.4. The quantitative estimate of drug-likeness (QED) is 0.349. The summed E-state index contributed by atoms with van der Waals surface area (Å²) in [7, 11) is 1.84. The van der Waals surface area contributed by atoms with Crippen molar-refractivity contribution in [2.75, 3.05) is 18.8 Å². The van der Waals surface area contributed by atoms with Gasteiger partial charge in [0.15, 0.2) is 5.96 Å². The number of aromatic nitrogens is 3.